The lowest BCUT2D eigenvalue weighted by Crippen LogP contribution is -2.41. The van der Waals surface area contributed by atoms with Crippen LogP contribution in [-0.4, -0.2) is 49.1 Å². The molecule has 3 aromatic heterocycles. The van der Waals surface area contributed by atoms with E-state index >= 15 is 0 Å². The number of hydrogen-bond acceptors (Lipinski definition) is 7. The van der Waals surface area contributed by atoms with Crippen LogP contribution in [0.25, 0.3) is 16.0 Å². The first kappa shape index (κ1) is 19.4. The Balaban J connectivity index is 1.70. The molecular formula is C18H23N5O3S2. The van der Waals surface area contributed by atoms with Crippen LogP contribution in [0.2, 0.25) is 0 Å². The second-order valence-corrected chi connectivity index (χ2v) is 9.75. The zero-order valence-corrected chi connectivity index (χ0v) is 17.7. The number of hydrogen-bond donors (Lipinski definition) is 1. The number of carbonyl (C=O) groups is 1. The average Bonchev–Trinajstić information content (AvgIpc) is 3.34. The minimum Gasteiger partial charge on any atom is -0.376 e. The predicted octanol–water partition coefficient (Wildman–Crippen LogP) is 2.29. The summed E-state index contributed by atoms with van der Waals surface area (Å²) in [6.07, 6.45) is 1.96. The quantitative estimate of drug-likeness (QED) is 0.636. The summed E-state index contributed by atoms with van der Waals surface area (Å²) in [5, 5.41) is 14.0. The summed E-state index contributed by atoms with van der Waals surface area (Å²) in [5.74, 6) is 0.655. The van der Waals surface area contributed by atoms with Gasteiger partial charge < -0.3 is 10.1 Å². The number of thioether (sulfide) groups is 1. The number of thiophene rings is 1. The summed E-state index contributed by atoms with van der Waals surface area (Å²) >= 11 is 2.72. The Morgan fingerprint density at radius 1 is 1.43 bits per heavy atom. The molecule has 1 fully saturated rings. The fourth-order valence-corrected chi connectivity index (χ4v) is 4.90. The van der Waals surface area contributed by atoms with E-state index in [1.165, 1.54) is 23.1 Å². The van der Waals surface area contributed by atoms with Crippen molar-refractivity contribution in [2.24, 2.45) is 0 Å². The lowest BCUT2D eigenvalue weighted by molar-refractivity contribution is -0.119. The van der Waals surface area contributed by atoms with Gasteiger partial charge in [0.05, 0.1) is 23.9 Å². The molecule has 0 spiro atoms. The number of ether oxygens (including phenoxy) is 1. The summed E-state index contributed by atoms with van der Waals surface area (Å²) < 4.78 is 9.90. The Kier molecular flexibility index (Phi) is 5.19. The van der Waals surface area contributed by atoms with Gasteiger partial charge in [-0.2, -0.15) is 0 Å². The molecule has 1 saturated heterocycles. The van der Waals surface area contributed by atoms with Crippen LogP contribution in [0.1, 0.15) is 33.6 Å². The average molecular weight is 422 g/mol. The second kappa shape index (κ2) is 7.49. The monoisotopic (exact) mass is 421 g/mol. The van der Waals surface area contributed by atoms with Gasteiger partial charge in [0.15, 0.2) is 5.16 Å². The highest BCUT2D eigenvalue weighted by Crippen LogP contribution is 2.25. The number of carbonyl (C=O) groups excluding carboxylic acids is 1. The van der Waals surface area contributed by atoms with Crippen molar-refractivity contribution < 1.29 is 9.53 Å². The van der Waals surface area contributed by atoms with Crippen LogP contribution in [0.3, 0.4) is 0 Å². The first-order chi connectivity index (χ1) is 13.3. The molecule has 1 atom stereocenters. The van der Waals surface area contributed by atoms with Gasteiger partial charge in [-0.25, -0.2) is 0 Å². The van der Waals surface area contributed by atoms with E-state index in [0.29, 0.717) is 22.2 Å². The number of nitrogens with zero attached hydrogens (tertiary/aromatic N) is 4. The fourth-order valence-electron chi connectivity index (χ4n) is 3.33. The third kappa shape index (κ3) is 3.81. The van der Waals surface area contributed by atoms with E-state index in [4.69, 9.17) is 4.74 Å². The van der Waals surface area contributed by atoms with Gasteiger partial charge in [-0.3, -0.25) is 18.6 Å². The van der Waals surface area contributed by atoms with Crippen LogP contribution in [0.5, 0.6) is 0 Å². The van der Waals surface area contributed by atoms with Crippen LogP contribution in [0.15, 0.2) is 21.4 Å². The normalized spacial score (nSPS) is 17.6. The van der Waals surface area contributed by atoms with E-state index in [0.717, 1.165) is 25.0 Å². The van der Waals surface area contributed by atoms with E-state index in [1.54, 1.807) is 4.57 Å². The van der Waals surface area contributed by atoms with Gasteiger partial charge in [-0.1, -0.05) is 11.8 Å². The molecule has 150 valence electrons. The van der Waals surface area contributed by atoms with Gasteiger partial charge in [-0.15, -0.1) is 21.5 Å². The molecule has 0 saturated carbocycles. The van der Waals surface area contributed by atoms with E-state index in [9.17, 15) is 9.59 Å². The van der Waals surface area contributed by atoms with Gasteiger partial charge in [0.25, 0.3) is 5.56 Å². The Morgan fingerprint density at radius 3 is 2.96 bits per heavy atom. The molecule has 1 amide bonds. The smallest absolute Gasteiger partial charge is 0.272 e. The van der Waals surface area contributed by atoms with Gasteiger partial charge in [0, 0.05) is 12.1 Å². The summed E-state index contributed by atoms with van der Waals surface area (Å²) in [6.45, 7) is 7.03. The topological polar surface area (TPSA) is 90.5 Å². The number of aromatic nitrogens is 4. The van der Waals surface area contributed by atoms with Crippen LogP contribution in [-0.2, 0) is 16.1 Å². The second-order valence-electron chi connectivity index (χ2n) is 7.89. The molecule has 0 aromatic carbocycles. The highest BCUT2D eigenvalue weighted by Gasteiger charge is 2.23. The number of fused-ring (bicyclic) bond motifs is 3. The lowest BCUT2D eigenvalue weighted by atomic mass is 10.1. The minimum absolute atomic E-state index is 0.0179. The Hall–Kier alpha value is -1.91. The molecule has 4 heterocycles. The van der Waals surface area contributed by atoms with Crippen molar-refractivity contribution in [1.82, 2.24) is 24.5 Å². The van der Waals surface area contributed by atoms with Gasteiger partial charge in [-0.05, 0) is 45.1 Å². The molecule has 0 aliphatic carbocycles. The van der Waals surface area contributed by atoms with Gasteiger partial charge in [0.1, 0.15) is 4.70 Å². The highest BCUT2D eigenvalue weighted by atomic mass is 32.2. The molecule has 3 aromatic rings. The SMILES string of the molecule is CC(C)(C)NC(=O)CSc1nnc2n(CC3CCCO3)c(=O)c3sccc3n12. The van der Waals surface area contributed by atoms with E-state index < -0.39 is 0 Å². The van der Waals surface area contributed by atoms with Crippen LogP contribution < -0.4 is 10.9 Å². The highest BCUT2D eigenvalue weighted by molar-refractivity contribution is 7.99. The van der Waals surface area contributed by atoms with Crippen LogP contribution in [0.4, 0.5) is 0 Å². The minimum atomic E-state index is -0.285. The molecule has 1 unspecified atom stereocenters. The van der Waals surface area contributed by atoms with Crippen molar-refractivity contribution in [3.05, 3.63) is 21.8 Å². The third-order valence-corrected chi connectivity index (χ3v) is 6.26. The van der Waals surface area contributed by atoms with Gasteiger partial charge >= 0.3 is 0 Å². The molecule has 4 rings (SSSR count). The summed E-state index contributed by atoms with van der Waals surface area (Å²) in [5.41, 5.74) is 0.423. The third-order valence-electron chi connectivity index (χ3n) is 4.44. The molecule has 10 heteroatoms. The van der Waals surface area contributed by atoms with Crippen molar-refractivity contribution in [1.29, 1.82) is 0 Å². The van der Waals surface area contributed by atoms with Crippen molar-refractivity contribution in [3.8, 4) is 0 Å². The van der Waals surface area contributed by atoms with Crippen molar-refractivity contribution in [2.45, 2.75) is 57.0 Å². The number of rotatable bonds is 5. The Morgan fingerprint density at radius 2 is 2.25 bits per heavy atom. The lowest BCUT2D eigenvalue weighted by Gasteiger charge is -2.20. The summed E-state index contributed by atoms with van der Waals surface area (Å²) in [6, 6.07) is 1.90. The zero-order valence-electron chi connectivity index (χ0n) is 16.1. The predicted molar refractivity (Wildman–Crippen MR) is 110 cm³/mol. The number of amides is 1. The molecular weight excluding hydrogens is 398 g/mol. The molecule has 0 bridgehead atoms. The van der Waals surface area contributed by atoms with Crippen LogP contribution in [0, 0.1) is 0 Å². The first-order valence-electron chi connectivity index (χ1n) is 9.24. The molecule has 0 radical (unpaired) electrons. The van der Waals surface area contributed by atoms with E-state index in [2.05, 4.69) is 15.5 Å². The van der Waals surface area contributed by atoms with E-state index in [1.807, 2.05) is 36.6 Å². The van der Waals surface area contributed by atoms with Crippen LogP contribution >= 0.6 is 23.1 Å². The standard InChI is InChI=1S/C18H23N5O3S2/c1-18(2,3)19-13(24)10-28-17-21-20-16-22(9-11-5-4-7-26-11)15(25)14-12(23(16)17)6-8-27-14/h6,8,11H,4-5,7,9-10H2,1-3H3,(H,19,24). The maximum absolute atomic E-state index is 13.0. The number of nitrogens with one attached hydrogen (secondary N) is 1. The largest absolute Gasteiger partial charge is 0.376 e. The Bertz CT molecular complexity index is 1070. The summed E-state index contributed by atoms with van der Waals surface area (Å²) in [4.78, 5) is 25.2. The van der Waals surface area contributed by atoms with Crippen molar-refractivity contribution in [2.75, 3.05) is 12.4 Å². The molecule has 8 nitrogen and oxygen atoms in total. The van der Waals surface area contributed by atoms with Gasteiger partial charge in [0.2, 0.25) is 11.7 Å². The zero-order chi connectivity index (χ0) is 19.9. The van der Waals surface area contributed by atoms with Crippen molar-refractivity contribution >= 4 is 45.0 Å². The van der Waals surface area contributed by atoms with E-state index in [-0.39, 0.29) is 28.9 Å². The Labute approximate surface area is 170 Å². The molecule has 1 N–H and O–H groups in total. The maximum Gasteiger partial charge on any atom is 0.272 e. The molecule has 28 heavy (non-hydrogen) atoms. The molecule has 1 aliphatic rings. The van der Waals surface area contributed by atoms with Crippen molar-refractivity contribution in [3.63, 3.8) is 0 Å². The maximum atomic E-state index is 13.0. The first-order valence-corrected chi connectivity index (χ1v) is 11.1. The fraction of sp³-hybridized carbons (Fsp3) is 0.556. The summed E-state index contributed by atoms with van der Waals surface area (Å²) in [7, 11) is 0. The molecule has 1 aliphatic heterocycles.